The van der Waals surface area contributed by atoms with Gasteiger partial charge >= 0.3 is 0 Å². The van der Waals surface area contributed by atoms with E-state index in [4.69, 9.17) is 11.5 Å². The Labute approximate surface area is 120 Å². The van der Waals surface area contributed by atoms with E-state index in [1.54, 1.807) is 6.20 Å². The average molecular weight is 267 g/mol. The zero-order valence-electron chi connectivity index (χ0n) is 11.8. The zero-order chi connectivity index (χ0) is 14.2. The Hall–Kier alpha value is -1.87. The third-order valence-corrected chi connectivity index (χ3v) is 4.74. The Morgan fingerprint density at radius 2 is 1.85 bits per heavy atom. The summed E-state index contributed by atoms with van der Waals surface area (Å²) >= 11 is 0. The third kappa shape index (κ3) is 1.90. The van der Waals surface area contributed by atoms with Crippen molar-refractivity contribution in [2.45, 2.75) is 37.6 Å². The molecular weight excluding hydrogens is 246 g/mol. The lowest BCUT2D eigenvalue weighted by Crippen LogP contribution is -2.45. The largest absolute Gasteiger partial charge is 0.383 e. The van der Waals surface area contributed by atoms with Gasteiger partial charge in [0.2, 0.25) is 0 Å². The minimum atomic E-state index is -0.0904. The van der Waals surface area contributed by atoms with Crippen molar-refractivity contribution in [3.63, 3.8) is 0 Å². The van der Waals surface area contributed by atoms with E-state index in [0.717, 1.165) is 24.0 Å². The van der Waals surface area contributed by atoms with Gasteiger partial charge in [-0.2, -0.15) is 0 Å². The number of hydrogen-bond acceptors (Lipinski definition) is 3. The van der Waals surface area contributed by atoms with Crippen LogP contribution in [0.5, 0.6) is 0 Å². The maximum absolute atomic E-state index is 6.65. The van der Waals surface area contributed by atoms with E-state index in [1.165, 1.54) is 12.0 Å². The summed E-state index contributed by atoms with van der Waals surface area (Å²) in [5.41, 5.74) is 16.2. The molecule has 0 bridgehead atoms. The number of nitrogens with zero attached hydrogens (tertiary/aromatic N) is 1. The van der Waals surface area contributed by atoms with Gasteiger partial charge < -0.3 is 11.5 Å². The van der Waals surface area contributed by atoms with Crippen LogP contribution in [0.15, 0.2) is 42.6 Å². The normalized spacial score (nSPS) is 18.3. The number of rotatable bonds is 3. The van der Waals surface area contributed by atoms with Crippen LogP contribution >= 0.6 is 0 Å². The number of aromatic nitrogens is 1. The molecule has 0 amide bonds. The van der Waals surface area contributed by atoms with Crippen molar-refractivity contribution in [2.24, 2.45) is 5.73 Å². The number of pyridine rings is 1. The molecular formula is C17H21N3. The monoisotopic (exact) mass is 267 g/mol. The summed E-state index contributed by atoms with van der Waals surface area (Å²) in [4.78, 5) is 4.22. The fraction of sp³-hybridized carbons (Fsp3) is 0.353. The Morgan fingerprint density at radius 3 is 2.40 bits per heavy atom. The molecule has 1 aliphatic carbocycles. The molecule has 4 N–H and O–H groups in total. The molecule has 1 heterocycles. The average Bonchev–Trinajstić information content (AvgIpc) is 2.38. The van der Waals surface area contributed by atoms with E-state index in [1.807, 2.05) is 12.1 Å². The summed E-state index contributed by atoms with van der Waals surface area (Å²) in [5.74, 6) is 0.569. The van der Waals surface area contributed by atoms with Crippen LogP contribution in [0.4, 0.5) is 5.82 Å². The van der Waals surface area contributed by atoms with E-state index in [-0.39, 0.29) is 11.5 Å². The van der Waals surface area contributed by atoms with Crippen LogP contribution in [-0.2, 0) is 5.41 Å². The van der Waals surface area contributed by atoms with Crippen LogP contribution in [-0.4, -0.2) is 4.98 Å². The van der Waals surface area contributed by atoms with Crippen LogP contribution in [0.2, 0.25) is 0 Å². The standard InChI is InChI=1S/C17H21N3/c1-12-8-11-20-16(19)14(12)15(18)17(9-5-10-17)13-6-3-2-4-7-13/h2-4,6-8,11,15H,5,9-10,18H2,1H3,(H2,19,20). The Bertz CT molecular complexity index is 583. The fourth-order valence-electron chi connectivity index (χ4n) is 3.38. The number of aryl methyl sites for hydroxylation is 1. The van der Waals surface area contributed by atoms with Crippen molar-refractivity contribution in [1.82, 2.24) is 4.98 Å². The molecule has 0 saturated heterocycles. The molecule has 3 rings (SSSR count). The quantitative estimate of drug-likeness (QED) is 0.898. The van der Waals surface area contributed by atoms with Gasteiger partial charge in [-0.05, 0) is 37.0 Å². The van der Waals surface area contributed by atoms with Gasteiger partial charge in [-0.3, -0.25) is 0 Å². The second kappa shape index (κ2) is 4.91. The summed E-state index contributed by atoms with van der Waals surface area (Å²) in [6.07, 6.45) is 5.20. The predicted octanol–water partition coefficient (Wildman–Crippen LogP) is 3.09. The van der Waals surface area contributed by atoms with Gasteiger partial charge in [0, 0.05) is 23.2 Å². The van der Waals surface area contributed by atoms with E-state index < -0.39 is 0 Å². The number of benzene rings is 1. The highest BCUT2D eigenvalue weighted by atomic mass is 14.9. The molecule has 1 fully saturated rings. The van der Waals surface area contributed by atoms with Gasteiger partial charge in [0.1, 0.15) is 5.82 Å². The number of nitrogens with two attached hydrogens (primary N) is 2. The first-order chi connectivity index (χ1) is 9.65. The fourth-order valence-corrected chi connectivity index (χ4v) is 3.38. The second-order valence-electron chi connectivity index (χ2n) is 5.78. The van der Waals surface area contributed by atoms with Gasteiger partial charge in [-0.15, -0.1) is 0 Å². The van der Waals surface area contributed by atoms with Crippen molar-refractivity contribution < 1.29 is 0 Å². The SMILES string of the molecule is Cc1ccnc(N)c1C(N)C1(c2ccccc2)CCC1. The number of anilines is 1. The van der Waals surface area contributed by atoms with Crippen LogP contribution in [0.3, 0.4) is 0 Å². The lowest BCUT2D eigenvalue weighted by Gasteiger charge is -2.47. The lowest BCUT2D eigenvalue weighted by atomic mass is 9.59. The van der Waals surface area contributed by atoms with Crippen molar-refractivity contribution in [3.8, 4) is 0 Å². The first-order valence-electron chi connectivity index (χ1n) is 7.17. The summed E-state index contributed by atoms with van der Waals surface area (Å²) in [7, 11) is 0. The lowest BCUT2D eigenvalue weighted by molar-refractivity contribution is 0.196. The predicted molar refractivity (Wildman–Crippen MR) is 82.3 cm³/mol. The van der Waals surface area contributed by atoms with Crippen molar-refractivity contribution in [1.29, 1.82) is 0 Å². The molecule has 2 aromatic rings. The second-order valence-corrected chi connectivity index (χ2v) is 5.78. The highest BCUT2D eigenvalue weighted by Crippen LogP contribution is 2.52. The molecule has 104 valence electrons. The van der Waals surface area contributed by atoms with Gasteiger partial charge in [0.15, 0.2) is 0 Å². The third-order valence-electron chi connectivity index (χ3n) is 4.74. The molecule has 1 aliphatic rings. The van der Waals surface area contributed by atoms with Crippen LogP contribution in [0.1, 0.15) is 42.0 Å². The molecule has 1 atom stereocenters. The summed E-state index contributed by atoms with van der Waals surface area (Å²) in [6, 6.07) is 12.5. The topological polar surface area (TPSA) is 64.9 Å². The molecule has 0 aliphatic heterocycles. The summed E-state index contributed by atoms with van der Waals surface area (Å²) in [6.45, 7) is 2.06. The maximum atomic E-state index is 6.65. The van der Waals surface area contributed by atoms with E-state index in [0.29, 0.717) is 5.82 Å². The minimum Gasteiger partial charge on any atom is -0.383 e. The van der Waals surface area contributed by atoms with Crippen LogP contribution < -0.4 is 11.5 Å². The Kier molecular flexibility index (Phi) is 3.22. The van der Waals surface area contributed by atoms with Crippen molar-refractivity contribution in [2.75, 3.05) is 5.73 Å². The van der Waals surface area contributed by atoms with Crippen LogP contribution in [0.25, 0.3) is 0 Å². The molecule has 20 heavy (non-hydrogen) atoms. The van der Waals surface area contributed by atoms with Crippen LogP contribution in [0, 0.1) is 6.92 Å². The summed E-state index contributed by atoms with van der Waals surface area (Å²) in [5, 5.41) is 0. The van der Waals surface area contributed by atoms with Crippen molar-refractivity contribution in [3.05, 3.63) is 59.3 Å². The molecule has 1 unspecified atom stereocenters. The summed E-state index contributed by atoms with van der Waals surface area (Å²) < 4.78 is 0. The number of nitrogen functional groups attached to an aromatic ring is 1. The van der Waals surface area contributed by atoms with E-state index in [9.17, 15) is 0 Å². The van der Waals surface area contributed by atoms with Gasteiger partial charge in [0.05, 0.1) is 0 Å². The molecule has 3 heteroatoms. The number of hydrogen-bond donors (Lipinski definition) is 2. The molecule has 1 saturated carbocycles. The Morgan fingerprint density at radius 1 is 1.15 bits per heavy atom. The van der Waals surface area contributed by atoms with E-state index in [2.05, 4.69) is 36.2 Å². The highest BCUT2D eigenvalue weighted by Gasteiger charge is 2.45. The molecule has 0 radical (unpaired) electrons. The Balaban J connectivity index is 2.06. The van der Waals surface area contributed by atoms with Gasteiger partial charge in [-0.25, -0.2) is 4.98 Å². The van der Waals surface area contributed by atoms with Gasteiger partial charge in [-0.1, -0.05) is 36.8 Å². The van der Waals surface area contributed by atoms with E-state index >= 15 is 0 Å². The molecule has 0 spiro atoms. The highest BCUT2D eigenvalue weighted by molar-refractivity contribution is 5.49. The van der Waals surface area contributed by atoms with Gasteiger partial charge in [0.25, 0.3) is 0 Å². The first kappa shape index (κ1) is 13.1. The molecule has 3 nitrogen and oxygen atoms in total. The minimum absolute atomic E-state index is 0.0170. The zero-order valence-corrected chi connectivity index (χ0v) is 11.8. The first-order valence-corrected chi connectivity index (χ1v) is 7.17. The smallest absolute Gasteiger partial charge is 0.128 e. The molecule has 1 aromatic heterocycles. The maximum Gasteiger partial charge on any atom is 0.128 e. The molecule has 1 aromatic carbocycles. The van der Waals surface area contributed by atoms with Crippen molar-refractivity contribution >= 4 is 5.82 Å².